The van der Waals surface area contributed by atoms with E-state index in [-0.39, 0.29) is 10.8 Å². The minimum absolute atomic E-state index is 0.0564. The van der Waals surface area contributed by atoms with Crippen LogP contribution >= 0.6 is 22.9 Å². The Balaban J connectivity index is 1.55. The van der Waals surface area contributed by atoms with E-state index in [2.05, 4.69) is 10.3 Å². The molecule has 8 nitrogen and oxygen atoms in total. The van der Waals surface area contributed by atoms with Crippen molar-refractivity contribution >= 4 is 51.4 Å². The van der Waals surface area contributed by atoms with E-state index >= 15 is 0 Å². The average molecular weight is 461 g/mol. The van der Waals surface area contributed by atoms with Crippen molar-refractivity contribution in [1.82, 2.24) is 14.7 Å². The van der Waals surface area contributed by atoms with Crippen LogP contribution in [0.3, 0.4) is 0 Å². The number of thiazole rings is 1. The summed E-state index contributed by atoms with van der Waals surface area (Å²) in [5.41, 5.74) is -0.651. The number of rotatable bonds is 6. The van der Waals surface area contributed by atoms with Crippen LogP contribution in [0.15, 0.2) is 23.7 Å². The molecule has 0 bridgehead atoms. The highest BCUT2D eigenvalue weighted by atomic mass is 35.5. The van der Waals surface area contributed by atoms with Gasteiger partial charge in [0.25, 0.3) is 5.91 Å². The lowest BCUT2D eigenvalue weighted by atomic mass is 10.2. The third-order valence-corrected chi connectivity index (χ3v) is 4.82. The van der Waals surface area contributed by atoms with Gasteiger partial charge in [0, 0.05) is 11.6 Å². The number of nitrogens with one attached hydrogen (secondary N) is 2. The highest BCUT2D eigenvalue weighted by molar-refractivity contribution is 7.15. The highest BCUT2D eigenvalue weighted by Crippen LogP contribution is 2.22. The van der Waals surface area contributed by atoms with Crippen LogP contribution in [0, 0.1) is 17.5 Å². The zero-order valence-corrected chi connectivity index (χ0v) is 16.6. The van der Waals surface area contributed by atoms with Crippen molar-refractivity contribution in [2.45, 2.75) is 13.0 Å². The first-order valence-electron chi connectivity index (χ1n) is 8.22. The van der Waals surface area contributed by atoms with E-state index in [1.54, 1.807) is 11.6 Å². The summed E-state index contributed by atoms with van der Waals surface area (Å²) in [7, 11) is 0. The van der Waals surface area contributed by atoms with Crippen molar-refractivity contribution in [2.24, 2.45) is 0 Å². The number of aromatic nitrogens is 2. The third kappa shape index (κ3) is 4.39. The van der Waals surface area contributed by atoms with Gasteiger partial charge in [0.1, 0.15) is 0 Å². The summed E-state index contributed by atoms with van der Waals surface area (Å²) in [6.07, 6.45) is 0.257. The molecule has 13 heteroatoms. The Kier molecular flexibility index (Phi) is 6.27. The molecule has 0 spiro atoms. The number of hydrogen-bond donors (Lipinski definition) is 2. The largest absolute Gasteiger partial charge is 0.448 e. The molecule has 3 aromatic rings. The van der Waals surface area contributed by atoms with Gasteiger partial charge in [0.05, 0.1) is 12.2 Å². The zero-order valence-electron chi connectivity index (χ0n) is 15.0. The van der Waals surface area contributed by atoms with Gasteiger partial charge in [-0.15, -0.1) is 11.3 Å². The lowest BCUT2D eigenvalue weighted by molar-refractivity contribution is -0.130. The van der Waals surface area contributed by atoms with Gasteiger partial charge in [-0.05, 0) is 19.1 Å². The molecule has 2 aromatic heterocycles. The molecule has 0 aliphatic heterocycles. The van der Waals surface area contributed by atoms with Crippen molar-refractivity contribution in [3.63, 3.8) is 0 Å². The summed E-state index contributed by atoms with van der Waals surface area (Å²) < 4.78 is 46.1. The molecular weight excluding hydrogens is 449 g/mol. The zero-order chi connectivity index (χ0) is 22.0. The maximum atomic E-state index is 13.6. The molecule has 1 atom stereocenters. The third-order valence-electron chi connectivity index (χ3n) is 3.80. The number of halogens is 4. The summed E-state index contributed by atoms with van der Waals surface area (Å²) >= 11 is 7.16. The normalized spacial score (nSPS) is 11.9. The number of amides is 2. The van der Waals surface area contributed by atoms with Gasteiger partial charge in [0.2, 0.25) is 5.91 Å². The highest BCUT2D eigenvalue weighted by Gasteiger charge is 2.25. The summed E-state index contributed by atoms with van der Waals surface area (Å²) in [5, 5.41) is 5.75. The Bertz CT molecular complexity index is 1150. The average Bonchev–Trinajstić information content (AvgIpc) is 3.26. The lowest BCUT2D eigenvalue weighted by Gasteiger charge is -2.13. The second-order valence-corrected chi connectivity index (χ2v) is 7.07. The Labute approximate surface area is 175 Å². The van der Waals surface area contributed by atoms with Gasteiger partial charge in [-0.25, -0.2) is 22.9 Å². The fraction of sp³-hybridized carbons (Fsp3) is 0.176. The predicted octanol–water partition coefficient (Wildman–Crippen LogP) is 2.77. The first-order valence-corrected chi connectivity index (χ1v) is 9.48. The standard InChI is InChI=1S/C17H12ClF3N4O4S/c1-7(29-16(28)13-14(18)24-17-25(13)4-5-30-17)15(27)22-6-10(26)23-9-3-2-8(19)11(20)12(9)21/h2-5,7H,6H2,1H3,(H,22,27)(H,23,26)/t7-/m0/s1. The number of nitrogens with zero attached hydrogens (tertiary/aromatic N) is 2. The molecule has 0 unspecified atom stereocenters. The Morgan fingerprint density at radius 1 is 1.27 bits per heavy atom. The van der Waals surface area contributed by atoms with Gasteiger partial charge >= 0.3 is 5.97 Å². The molecule has 2 heterocycles. The van der Waals surface area contributed by atoms with E-state index in [1.807, 2.05) is 5.32 Å². The van der Waals surface area contributed by atoms with Gasteiger partial charge < -0.3 is 15.4 Å². The number of benzene rings is 1. The van der Waals surface area contributed by atoms with Gasteiger partial charge in [0.15, 0.2) is 39.4 Å². The van der Waals surface area contributed by atoms with Crippen LogP contribution < -0.4 is 10.6 Å². The number of ether oxygens (including phenoxy) is 1. The maximum Gasteiger partial charge on any atom is 0.359 e. The number of anilines is 1. The molecule has 0 saturated heterocycles. The molecule has 1 aromatic carbocycles. The fourth-order valence-corrected chi connectivity index (χ4v) is 3.35. The number of hydrogen-bond acceptors (Lipinski definition) is 6. The predicted molar refractivity (Wildman–Crippen MR) is 101 cm³/mol. The molecule has 0 aliphatic carbocycles. The minimum Gasteiger partial charge on any atom is -0.448 e. The summed E-state index contributed by atoms with van der Waals surface area (Å²) in [6.45, 7) is 0.626. The van der Waals surface area contributed by atoms with Crippen LogP contribution in [0.25, 0.3) is 4.96 Å². The molecule has 0 fully saturated rings. The SMILES string of the molecule is C[C@H](OC(=O)c1c(Cl)nc2sccn12)C(=O)NCC(=O)Nc1ccc(F)c(F)c1F. The topological polar surface area (TPSA) is 102 Å². The molecule has 158 valence electrons. The second kappa shape index (κ2) is 8.71. The maximum absolute atomic E-state index is 13.6. The number of fused-ring (bicyclic) bond motifs is 1. The number of imidazole rings is 1. The second-order valence-electron chi connectivity index (χ2n) is 5.84. The summed E-state index contributed by atoms with van der Waals surface area (Å²) in [5.74, 6) is -7.36. The molecule has 0 saturated carbocycles. The van der Waals surface area contributed by atoms with Crippen LogP contribution in [0.5, 0.6) is 0 Å². The molecule has 3 rings (SSSR count). The van der Waals surface area contributed by atoms with E-state index in [4.69, 9.17) is 16.3 Å². The van der Waals surface area contributed by atoms with Crippen molar-refractivity contribution in [3.8, 4) is 0 Å². The van der Waals surface area contributed by atoms with Crippen molar-refractivity contribution in [1.29, 1.82) is 0 Å². The van der Waals surface area contributed by atoms with E-state index in [0.29, 0.717) is 11.0 Å². The number of carbonyl (C=O) groups excluding carboxylic acids is 3. The minimum atomic E-state index is -1.74. The fourth-order valence-electron chi connectivity index (χ4n) is 2.34. The van der Waals surface area contributed by atoms with Crippen LogP contribution in [0.4, 0.5) is 18.9 Å². The number of carbonyl (C=O) groups is 3. The monoisotopic (exact) mass is 460 g/mol. The van der Waals surface area contributed by atoms with Gasteiger partial charge in [-0.2, -0.15) is 0 Å². The molecule has 0 aliphatic rings. The lowest BCUT2D eigenvalue weighted by Crippen LogP contribution is -2.40. The smallest absolute Gasteiger partial charge is 0.359 e. The summed E-state index contributed by atoms with van der Waals surface area (Å²) in [6, 6.07) is 1.47. The van der Waals surface area contributed by atoms with E-state index < -0.39 is 53.6 Å². The molecule has 30 heavy (non-hydrogen) atoms. The van der Waals surface area contributed by atoms with Crippen LogP contribution in [-0.4, -0.2) is 39.8 Å². The summed E-state index contributed by atoms with van der Waals surface area (Å²) in [4.78, 5) is 40.6. The van der Waals surface area contributed by atoms with Crippen LogP contribution in [-0.2, 0) is 14.3 Å². The Hall–Kier alpha value is -3.12. The Morgan fingerprint density at radius 3 is 2.73 bits per heavy atom. The van der Waals surface area contributed by atoms with Crippen molar-refractivity contribution in [2.75, 3.05) is 11.9 Å². The first kappa shape index (κ1) is 21.6. The molecule has 2 amide bonds. The van der Waals surface area contributed by atoms with Crippen molar-refractivity contribution in [3.05, 3.63) is 52.0 Å². The Morgan fingerprint density at radius 2 is 2.00 bits per heavy atom. The van der Waals surface area contributed by atoms with E-state index in [9.17, 15) is 27.6 Å². The first-order chi connectivity index (χ1) is 14.2. The van der Waals surface area contributed by atoms with E-state index in [0.717, 1.165) is 6.07 Å². The molecule has 2 N–H and O–H groups in total. The quantitative estimate of drug-likeness (QED) is 0.435. The van der Waals surface area contributed by atoms with Crippen LogP contribution in [0.2, 0.25) is 5.15 Å². The van der Waals surface area contributed by atoms with E-state index in [1.165, 1.54) is 22.7 Å². The molecular formula is C17H12ClF3N4O4S. The van der Waals surface area contributed by atoms with Crippen molar-refractivity contribution < 1.29 is 32.3 Å². The van der Waals surface area contributed by atoms with Crippen LogP contribution in [0.1, 0.15) is 17.4 Å². The molecule has 0 radical (unpaired) electrons. The number of esters is 1. The van der Waals surface area contributed by atoms with Gasteiger partial charge in [-0.3, -0.25) is 14.0 Å². The van der Waals surface area contributed by atoms with Gasteiger partial charge in [-0.1, -0.05) is 11.6 Å².